The average Bonchev–Trinajstić information content (AvgIpc) is 2.04. The summed E-state index contributed by atoms with van der Waals surface area (Å²) in [5, 5.41) is 10.4. The molecule has 0 spiro atoms. The van der Waals surface area contributed by atoms with Gasteiger partial charge in [0.25, 0.3) is 0 Å². The zero-order chi connectivity index (χ0) is 7.40. The van der Waals surface area contributed by atoms with Crippen molar-refractivity contribution in [1.82, 2.24) is 0 Å². The van der Waals surface area contributed by atoms with Crippen molar-refractivity contribution in [2.75, 3.05) is 7.11 Å². The summed E-state index contributed by atoms with van der Waals surface area (Å²) in [6.07, 6.45) is 0. The van der Waals surface area contributed by atoms with Gasteiger partial charge in [-0.2, -0.15) is 0 Å². The molecule has 0 saturated heterocycles. The second-order valence-electron chi connectivity index (χ2n) is 1.96. The number of benzene rings is 1. The summed E-state index contributed by atoms with van der Waals surface area (Å²) in [7, 11) is 1.56. The van der Waals surface area contributed by atoms with Gasteiger partial charge in [0.15, 0.2) is 0 Å². The summed E-state index contributed by atoms with van der Waals surface area (Å²) in [6.45, 7) is -0.218. The first-order valence-electron chi connectivity index (χ1n) is 3.08. The summed E-state index contributed by atoms with van der Waals surface area (Å²) in [4.78, 5) is 0. The molecule has 0 N–H and O–H groups in total. The van der Waals surface area contributed by atoms with E-state index in [1.54, 1.807) is 19.2 Å². The van der Waals surface area contributed by atoms with E-state index in [2.05, 4.69) is 0 Å². The van der Waals surface area contributed by atoms with E-state index >= 15 is 0 Å². The van der Waals surface area contributed by atoms with E-state index in [1.165, 1.54) is 0 Å². The Bertz CT molecular complexity index is 190. The molecule has 0 fully saturated rings. The maximum absolute atomic E-state index is 10.4. The van der Waals surface area contributed by atoms with E-state index in [-0.39, 0.29) is 25.5 Å². The molecular formula is C8H9LiO2. The second-order valence-corrected chi connectivity index (χ2v) is 1.96. The van der Waals surface area contributed by atoms with E-state index < -0.39 is 0 Å². The molecule has 0 heterocycles. The summed E-state index contributed by atoms with van der Waals surface area (Å²) >= 11 is 0. The van der Waals surface area contributed by atoms with Gasteiger partial charge in [-0.25, -0.2) is 0 Å². The van der Waals surface area contributed by atoms with Crippen LogP contribution in [0.5, 0.6) is 5.75 Å². The van der Waals surface area contributed by atoms with Gasteiger partial charge in [-0.15, -0.1) is 6.61 Å². The third kappa shape index (κ3) is 2.59. The number of methoxy groups -OCH3 is 1. The first kappa shape index (κ1) is 10.6. The van der Waals surface area contributed by atoms with Gasteiger partial charge in [-0.1, -0.05) is 18.2 Å². The predicted octanol–water partition coefficient (Wildman–Crippen LogP) is -2.44. The standard InChI is InChI=1S/C8H9O2.Li/c1-10-8-5-3-2-4-7(8)6-9;/h2-5H,6H2,1H3;/q-1;+1. The van der Waals surface area contributed by atoms with Crippen molar-refractivity contribution in [1.29, 1.82) is 0 Å². The molecule has 0 bridgehead atoms. The molecule has 0 aromatic heterocycles. The molecule has 1 rings (SSSR count). The number of para-hydroxylation sites is 1. The number of rotatable bonds is 2. The van der Waals surface area contributed by atoms with E-state index in [0.29, 0.717) is 11.3 Å². The van der Waals surface area contributed by atoms with Crippen LogP contribution >= 0.6 is 0 Å². The summed E-state index contributed by atoms with van der Waals surface area (Å²) < 4.78 is 4.94. The van der Waals surface area contributed by atoms with Crippen LogP contribution in [0.2, 0.25) is 0 Å². The SMILES string of the molecule is COc1ccccc1C[O-].[Li+]. The fraction of sp³-hybridized carbons (Fsp3) is 0.250. The molecular weight excluding hydrogens is 135 g/mol. The van der Waals surface area contributed by atoms with Crippen molar-refractivity contribution in [2.45, 2.75) is 6.61 Å². The summed E-state index contributed by atoms with van der Waals surface area (Å²) in [6, 6.07) is 7.23. The molecule has 0 atom stereocenters. The van der Waals surface area contributed by atoms with Crippen molar-refractivity contribution < 1.29 is 28.7 Å². The molecule has 2 nitrogen and oxygen atoms in total. The van der Waals surface area contributed by atoms with Gasteiger partial charge in [0.05, 0.1) is 7.11 Å². The minimum atomic E-state index is -0.218. The number of hydrogen-bond acceptors (Lipinski definition) is 2. The number of hydrogen-bond donors (Lipinski definition) is 0. The molecule has 0 aliphatic rings. The largest absolute Gasteiger partial charge is 1.00 e. The molecule has 3 heteroatoms. The van der Waals surface area contributed by atoms with Crippen molar-refractivity contribution in [3.05, 3.63) is 29.8 Å². The molecule has 0 radical (unpaired) electrons. The molecule has 54 valence electrons. The van der Waals surface area contributed by atoms with Crippen molar-refractivity contribution in [2.24, 2.45) is 0 Å². The zero-order valence-electron chi connectivity index (χ0n) is 6.83. The average molecular weight is 144 g/mol. The Morgan fingerprint density at radius 3 is 2.45 bits per heavy atom. The first-order chi connectivity index (χ1) is 4.88. The maximum Gasteiger partial charge on any atom is 1.00 e. The molecule has 1 aromatic carbocycles. The molecule has 0 unspecified atom stereocenters. The van der Waals surface area contributed by atoms with E-state index in [0.717, 1.165) is 0 Å². The Morgan fingerprint density at radius 1 is 1.36 bits per heavy atom. The van der Waals surface area contributed by atoms with Crippen LogP contribution in [0.1, 0.15) is 5.56 Å². The van der Waals surface area contributed by atoms with E-state index in [1.807, 2.05) is 12.1 Å². The van der Waals surface area contributed by atoms with Crippen molar-refractivity contribution >= 4 is 0 Å². The maximum atomic E-state index is 10.4. The van der Waals surface area contributed by atoms with Crippen LogP contribution in [-0.2, 0) is 6.61 Å². The molecule has 0 aliphatic carbocycles. The molecule has 0 saturated carbocycles. The van der Waals surface area contributed by atoms with Crippen molar-refractivity contribution in [3.63, 3.8) is 0 Å². The quantitative estimate of drug-likeness (QED) is 0.432. The predicted molar refractivity (Wildman–Crippen MR) is 36.7 cm³/mol. The molecule has 1 aromatic rings. The third-order valence-corrected chi connectivity index (χ3v) is 1.35. The fourth-order valence-corrected chi connectivity index (χ4v) is 0.822. The van der Waals surface area contributed by atoms with Gasteiger partial charge in [0.1, 0.15) is 5.75 Å². The Kier molecular flexibility index (Phi) is 5.06. The van der Waals surface area contributed by atoms with Crippen LogP contribution in [0.4, 0.5) is 0 Å². The van der Waals surface area contributed by atoms with Gasteiger partial charge < -0.3 is 9.84 Å². The van der Waals surface area contributed by atoms with Gasteiger partial charge in [-0.3, -0.25) is 0 Å². The van der Waals surface area contributed by atoms with E-state index in [4.69, 9.17) is 4.74 Å². The topological polar surface area (TPSA) is 32.3 Å². The second kappa shape index (κ2) is 5.26. The van der Waals surface area contributed by atoms with Crippen LogP contribution in [0, 0.1) is 0 Å². The molecule has 0 amide bonds. The zero-order valence-corrected chi connectivity index (χ0v) is 6.83. The minimum absolute atomic E-state index is 0. The van der Waals surface area contributed by atoms with Gasteiger partial charge in [0.2, 0.25) is 0 Å². The first-order valence-corrected chi connectivity index (χ1v) is 3.08. The Morgan fingerprint density at radius 2 is 2.00 bits per heavy atom. The van der Waals surface area contributed by atoms with Crippen LogP contribution in [0.25, 0.3) is 0 Å². The minimum Gasteiger partial charge on any atom is -0.851 e. The normalized spacial score (nSPS) is 8.55. The van der Waals surface area contributed by atoms with Crippen LogP contribution in [-0.4, -0.2) is 7.11 Å². The van der Waals surface area contributed by atoms with E-state index in [9.17, 15) is 5.11 Å². The number of ether oxygens (including phenoxy) is 1. The van der Waals surface area contributed by atoms with Crippen molar-refractivity contribution in [3.8, 4) is 5.75 Å². The fourth-order valence-electron chi connectivity index (χ4n) is 0.822. The Balaban J connectivity index is 0.000001000. The Hall–Kier alpha value is -0.423. The summed E-state index contributed by atoms with van der Waals surface area (Å²) in [5.74, 6) is 0.678. The summed E-state index contributed by atoms with van der Waals surface area (Å²) in [5.41, 5.74) is 0.713. The smallest absolute Gasteiger partial charge is 0.851 e. The monoisotopic (exact) mass is 144 g/mol. The van der Waals surface area contributed by atoms with Gasteiger partial charge >= 0.3 is 18.9 Å². The van der Waals surface area contributed by atoms with Crippen LogP contribution in [0.3, 0.4) is 0 Å². The molecule has 11 heavy (non-hydrogen) atoms. The van der Waals surface area contributed by atoms with Gasteiger partial charge in [0, 0.05) is 0 Å². The molecule has 0 aliphatic heterocycles. The van der Waals surface area contributed by atoms with Crippen LogP contribution in [0.15, 0.2) is 24.3 Å². The van der Waals surface area contributed by atoms with Gasteiger partial charge in [-0.05, 0) is 11.6 Å². The van der Waals surface area contributed by atoms with Crippen LogP contribution < -0.4 is 28.7 Å². The Labute approximate surface area is 78.4 Å². The third-order valence-electron chi connectivity index (χ3n) is 1.35.